The van der Waals surface area contributed by atoms with Gasteiger partial charge < -0.3 is 24.7 Å². The maximum absolute atomic E-state index is 14.6. The van der Waals surface area contributed by atoms with Gasteiger partial charge in [0.15, 0.2) is 0 Å². The molecule has 180 valence electrons. The standard InChI is InChI=1S/C24H21FN4O6/c25-18-7-6-16(12-27-35-14-19(30)31)21-20(18)17(13-26-21)22(32)24(34)29-10-8-28(9-11-29)23(33)15-4-2-1-3-5-15/h1-7,12-13,26H,8-11,14H2,(H,30,31)/b27-12+. The van der Waals surface area contributed by atoms with Crippen LogP contribution in [0.3, 0.4) is 0 Å². The smallest absolute Gasteiger partial charge is 0.344 e. The van der Waals surface area contributed by atoms with E-state index in [4.69, 9.17) is 5.11 Å². The molecular weight excluding hydrogens is 459 g/mol. The third-order valence-corrected chi connectivity index (χ3v) is 5.58. The fourth-order valence-electron chi connectivity index (χ4n) is 3.84. The first kappa shape index (κ1) is 23.6. The summed E-state index contributed by atoms with van der Waals surface area (Å²) in [5, 5.41) is 12.0. The third kappa shape index (κ3) is 5.03. The number of nitrogens with zero attached hydrogens (tertiary/aromatic N) is 3. The summed E-state index contributed by atoms with van der Waals surface area (Å²) in [6.45, 7) is 0.242. The van der Waals surface area contributed by atoms with Gasteiger partial charge in [0.1, 0.15) is 5.82 Å². The Labute approximate surface area is 198 Å². The van der Waals surface area contributed by atoms with Gasteiger partial charge in [-0.05, 0) is 24.3 Å². The van der Waals surface area contributed by atoms with Gasteiger partial charge in [0.05, 0.1) is 17.3 Å². The van der Waals surface area contributed by atoms with Crippen LogP contribution in [0.4, 0.5) is 4.39 Å². The molecule has 4 rings (SSSR count). The van der Waals surface area contributed by atoms with Crippen LogP contribution in [0.5, 0.6) is 0 Å². The minimum atomic E-state index is -1.21. The van der Waals surface area contributed by atoms with E-state index in [2.05, 4.69) is 15.0 Å². The van der Waals surface area contributed by atoms with E-state index in [0.717, 1.165) is 6.07 Å². The number of aliphatic carboxylic acids is 1. The van der Waals surface area contributed by atoms with Gasteiger partial charge in [0, 0.05) is 48.9 Å². The number of carboxylic acids is 1. The summed E-state index contributed by atoms with van der Waals surface area (Å²) in [6.07, 6.45) is 2.43. The van der Waals surface area contributed by atoms with Gasteiger partial charge in [0.25, 0.3) is 17.6 Å². The van der Waals surface area contributed by atoms with Gasteiger partial charge >= 0.3 is 5.97 Å². The van der Waals surface area contributed by atoms with Crippen LogP contribution in [0.25, 0.3) is 10.9 Å². The van der Waals surface area contributed by atoms with Crippen molar-refractivity contribution in [1.82, 2.24) is 14.8 Å². The molecule has 10 nitrogen and oxygen atoms in total. The predicted octanol–water partition coefficient (Wildman–Crippen LogP) is 1.91. The topological polar surface area (TPSA) is 132 Å². The molecule has 35 heavy (non-hydrogen) atoms. The van der Waals surface area contributed by atoms with E-state index in [0.29, 0.717) is 11.1 Å². The second-order valence-electron chi connectivity index (χ2n) is 7.77. The number of nitrogens with one attached hydrogen (secondary N) is 1. The molecular formula is C24H21FN4O6. The number of benzene rings is 2. The van der Waals surface area contributed by atoms with Crippen molar-refractivity contribution in [2.45, 2.75) is 0 Å². The summed E-state index contributed by atoms with van der Waals surface area (Å²) in [5.74, 6) is -3.73. The van der Waals surface area contributed by atoms with Crippen molar-refractivity contribution < 1.29 is 33.5 Å². The fourth-order valence-corrected chi connectivity index (χ4v) is 3.84. The Morgan fingerprint density at radius 1 is 1.03 bits per heavy atom. The Morgan fingerprint density at radius 2 is 1.71 bits per heavy atom. The first-order chi connectivity index (χ1) is 16.9. The van der Waals surface area contributed by atoms with E-state index >= 15 is 0 Å². The number of amides is 2. The SMILES string of the molecule is O=C(O)CO/N=C/c1ccc(F)c2c(C(=O)C(=O)N3CCN(C(=O)c4ccccc4)CC3)c[nH]c12. The van der Waals surface area contributed by atoms with Gasteiger partial charge in [-0.2, -0.15) is 0 Å². The summed E-state index contributed by atoms with van der Waals surface area (Å²) < 4.78 is 14.6. The number of hydrogen-bond donors (Lipinski definition) is 2. The van der Waals surface area contributed by atoms with E-state index < -0.39 is 30.1 Å². The number of fused-ring (bicyclic) bond motifs is 1. The minimum Gasteiger partial charge on any atom is -0.479 e. The third-order valence-electron chi connectivity index (χ3n) is 5.58. The molecule has 11 heteroatoms. The molecule has 0 bridgehead atoms. The van der Waals surface area contributed by atoms with Crippen LogP contribution >= 0.6 is 0 Å². The minimum absolute atomic E-state index is 0.0802. The van der Waals surface area contributed by atoms with Crippen LogP contribution in [0, 0.1) is 5.82 Å². The number of aromatic amines is 1. The highest BCUT2D eigenvalue weighted by Gasteiger charge is 2.30. The lowest BCUT2D eigenvalue weighted by Crippen LogP contribution is -2.52. The van der Waals surface area contributed by atoms with E-state index in [1.165, 1.54) is 23.4 Å². The molecule has 1 fully saturated rings. The van der Waals surface area contributed by atoms with Crippen LogP contribution in [0.2, 0.25) is 0 Å². The van der Waals surface area contributed by atoms with Crippen molar-refractivity contribution in [2.24, 2.45) is 5.16 Å². The highest BCUT2D eigenvalue weighted by Crippen LogP contribution is 2.25. The Hall–Kier alpha value is -4.54. The molecule has 0 saturated carbocycles. The van der Waals surface area contributed by atoms with Crippen LogP contribution in [-0.2, 0) is 14.4 Å². The monoisotopic (exact) mass is 480 g/mol. The lowest BCUT2D eigenvalue weighted by atomic mass is 10.0. The molecule has 2 amide bonds. The summed E-state index contributed by atoms with van der Waals surface area (Å²) in [5.41, 5.74) is 0.964. The molecule has 2 aromatic carbocycles. The highest BCUT2D eigenvalue weighted by molar-refractivity contribution is 6.45. The summed E-state index contributed by atoms with van der Waals surface area (Å²) in [7, 11) is 0. The zero-order valence-electron chi connectivity index (χ0n) is 18.4. The molecule has 0 spiro atoms. The molecule has 2 heterocycles. The number of ketones is 1. The van der Waals surface area contributed by atoms with Crippen LogP contribution in [-0.4, -0.2) is 82.5 Å². The van der Waals surface area contributed by atoms with Crippen LogP contribution in [0.1, 0.15) is 26.3 Å². The molecule has 0 aliphatic carbocycles. The molecule has 0 radical (unpaired) electrons. The molecule has 0 unspecified atom stereocenters. The quantitative estimate of drug-likeness (QED) is 0.230. The maximum Gasteiger partial charge on any atom is 0.344 e. The van der Waals surface area contributed by atoms with Crippen molar-refractivity contribution in [3.63, 3.8) is 0 Å². The predicted molar refractivity (Wildman–Crippen MR) is 123 cm³/mol. The number of Topliss-reactive ketones (excluding diaryl/α,β-unsaturated/α-hetero) is 1. The van der Waals surface area contributed by atoms with Gasteiger partial charge in [0.2, 0.25) is 6.61 Å². The van der Waals surface area contributed by atoms with Crippen molar-refractivity contribution in [3.8, 4) is 0 Å². The molecule has 1 aliphatic heterocycles. The molecule has 1 aliphatic rings. The van der Waals surface area contributed by atoms with Crippen molar-refractivity contribution in [1.29, 1.82) is 0 Å². The zero-order chi connectivity index (χ0) is 24.9. The molecule has 1 aromatic heterocycles. The van der Waals surface area contributed by atoms with E-state index in [1.807, 2.05) is 6.07 Å². The number of aromatic nitrogens is 1. The summed E-state index contributed by atoms with van der Waals surface area (Å²) >= 11 is 0. The Kier molecular flexibility index (Phi) is 6.86. The normalized spacial score (nSPS) is 13.9. The van der Waals surface area contributed by atoms with Crippen LogP contribution in [0.15, 0.2) is 53.8 Å². The molecule has 0 atom stereocenters. The fraction of sp³-hybridized carbons (Fsp3) is 0.208. The summed E-state index contributed by atoms with van der Waals surface area (Å²) in [4.78, 5) is 59.3. The number of hydrogen-bond acceptors (Lipinski definition) is 6. The van der Waals surface area contributed by atoms with E-state index in [1.54, 1.807) is 29.2 Å². The zero-order valence-corrected chi connectivity index (χ0v) is 18.4. The first-order valence-electron chi connectivity index (χ1n) is 10.7. The second kappa shape index (κ2) is 10.2. The lowest BCUT2D eigenvalue weighted by Gasteiger charge is -2.34. The van der Waals surface area contributed by atoms with Crippen molar-refractivity contribution in [3.05, 3.63) is 71.2 Å². The average Bonchev–Trinajstić information content (AvgIpc) is 3.33. The van der Waals surface area contributed by atoms with E-state index in [9.17, 15) is 23.6 Å². The highest BCUT2D eigenvalue weighted by atomic mass is 19.1. The number of oxime groups is 1. The summed E-state index contributed by atoms with van der Waals surface area (Å²) in [6, 6.07) is 11.3. The first-order valence-corrected chi connectivity index (χ1v) is 10.7. The van der Waals surface area contributed by atoms with Crippen LogP contribution < -0.4 is 0 Å². The number of carbonyl (C=O) groups excluding carboxylic acids is 3. The molecule has 1 saturated heterocycles. The average molecular weight is 480 g/mol. The number of carboxylic acid groups (broad SMARTS) is 1. The molecule has 3 aromatic rings. The van der Waals surface area contributed by atoms with Gasteiger partial charge in [-0.15, -0.1) is 0 Å². The number of piperazine rings is 1. The number of H-pyrrole nitrogens is 1. The largest absolute Gasteiger partial charge is 0.479 e. The second-order valence-corrected chi connectivity index (χ2v) is 7.77. The van der Waals surface area contributed by atoms with Crippen molar-refractivity contribution in [2.75, 3.05) is 32.8 Å². The number of rotatable bonds is 7. The Balaban J connectivity index is 1.46. The van der Waals surface area contributed by atoms with Crippen molar-refractivity contribution >= 4 is 40.7 Å². The lowest BCUT2D eigenvalue weighted by molar-refractivity contribution is -0.142. The Morgan fingerprint density at radius 3 is 2.40 bits per heavy atom. The number of halogens is 1. The number of carbonyl (C=O) groups is 4. The molecule has 2 N–H and O–H groups in total. The maximum atomic E-state index is 14.6. The van der Waals surface area contributed by atoms with E-state index in [-0.39, 0.29) is 48.6 Å². The Bertz CT molecular complexity index is 1310. The van der Waals surface area contributed by atoms with Gasteiger partial charge in [-0.1, -0.05) is 23.4 Å². The van der Waals surface area contributed by atoms with Gasteiger partial charge in [-0.25, -0.2) is 9.18 Å². The van der Waals surface area contributed by atoms with Gasteiger partial charge in [-0.3, -0.25) is 14.4 Å².